The van der Waals surface area contributed by atoms with Gasteiger partial charge in [0.2, 0.25) is 0 Å². The minimum absolute atomic E-state index is 0.571. The van der Waals surface area contributed by atoms with Crippen LogP contribution in [0.4, 0.5) is 5.69 Å². The summed E-state index contributed by atoms with van der Waals surface area (Å²) in [5.41, 5.74) is 2.84. The molecule has 1 heterocycles. The number of hydrogen-bond donors (Lipinski definition) is 1. The van der Waals surface area contributed by atoms with Gasteiger partial charge in [0.05, 0.1) is 0 Å². The molecule has 0 saturated carbocycles. The van der Waals surface area contributed by atoms with Crippen molar-refractivity contribution in [1.29, 1.82) is 0 Å². The van der Waals surface area contributed by atoms with Crippen molar-refractivity contribution in [2.24, 2.45) is 0 Å². The highest BCUT2D eigenvalue weighted by Gasteiger charge is 2.14. The zero-order chi connectivity index (χ0) is 13.2. The lowest BCUT2D eigenvalue weighted by atomic mass is 9.95. The van der Waals surface area contributed by atoms with Crippen LogP contribution in [0, 0.1) is 0 Å². The minimum Gasteiger partial charge on any atom is -0.368 e. The summed E-state index contributed by atoms with van der Waals surface area (Å²) in [4.78, 5) is 2.50. The van der Waals surface area contributed by atoms with Crippen LogP contribution in [0.2, 0.25) is 0 Å². The molecule has 1 aliphatic heterocycles. The Morgan fingerprint density at radius 1 is 0.947 bits per heavy atom. The first kappa shape index (κ1) is 12.5. The van der Waals surface area contributed by atoms with Crippen molar-refractivity contribution in [3.63, 3.8) is 0 Å². The van der Waals surface area contributed by atoms with Crippen molar-refractivity contribution >= 4 is 16.5 Å². The smallest absolute Gasteiger partial charge is 0.0446 e. The molecule has 0 atom stereocenters. The third kappa shape index (κ3) is 2.33. The van der Waals surface area contributed by atoms with E-state index in [1.54, 1.807) is 0 Å². The topological polar surface area (TPSA) is 15.3 Å². The highest BCUT2D eigenvalue weighted by molar-refractivity contribution is 5.96. The van der Waals surface area contributed by atoms with Crippen LogP contribution in [0.1, 0.15) is 25.3 Å². The van der Waals surface area contributed by atoms with Gasteiger partial charge in [-0.15, -0.1) is 0 Å². The van der Waals surface area contributed by atoms with E-state index in [2.05, 4.69) is 60.5 Å². The molecule has 0 aliphatic carbocycles. The van der Waals surface area contributed by atoms with E-state index < -0.39 is 0 Å². The van der Waals surface area contributed by atoms with E-state index in [4.69, 9.17) is 0 Å². The van der Waals surface area contributed by atoms with Crippen LogP contribution >= 0.6 is 0 Å². The molecule has 2 heteroatoms. The van der Waals surface area contributed by atoms with Crippen LogP contribution in [-0.2, 0) is 0 Å². The number of hydrogen-bond acceptors (Lipinski definition) is 2. The number of rotatable bonds is 2. The van der Waals surface area contributed by atoms with E-state index in [1.807, 2.05) is 0 Å². The summed E-state index contributed by atoms with van der Waals surface area (Å²) >= 11 is 0. The largest absolute Gasteiger partial charge is 0.368 e. The Balaban J connectivity index is 2.12. The molecular weight excluding hydrogens is 232 g/mol. The van der Waals surface area contributed by atoms with Gasteiger partial charge in [-0.1, -0.05) is 44.2 Å². The van der Waals surface area contributed by atoms with Crippen LogP contribution in [0.3, 0.4) is 0 Å². The van der Waals surface area contributed by atoms with Crippen molar-refractivity contribution in [2.75, 3.05) is 31.1 Å². The molecule has 0 radical (unpaired) electrons. The van der Waals surface area contributed by atoms with E-state index in [-0.39, 0.29) is 0 Å². The maximum atomic E-state index is 3.42. The standard InChI is InChI=1S/C17H22N2/c1-13(2)14-5-3-7-16-15(14)6-4-8-17(16)19-11-9-18-10-12-19/h3-8,13,18H,9-12H2,1-2H3. The van der Waals surface area contributed by atoms with Crippen molar-refractivity contribution < 1.29 is 0 Å². The highest BCUT2D eigenvalue weighted by atomic mass is 15.2. The van der Waals surface area contributed by atoms with E-state index in [1.165, 1.54) is 22.0 Å². The van der Waals surface area contributed by atoms with Crippen LogP contribution in [0.5, 0.6) is 0 Å². The Kier molecular flexibility index (Phi) is 3.43. The van der Waals surface area contributed by atoms with E-state index in [9.17, 15) is 0 Å². The van der Waals surface area contributed by atoms with Gasteiger partial charge in [0.1, 0.15) is 0 Å². The zero-order valence-corrected chi connectivity index (χ0v) is 11.8. The van der Waals surface area contributed by atoms with E-state index in [0.717, 1.165) is 26.2 Å². The maximum Gasteiger partial charge on any atom is 0.0446 e. The van der Waals surface area contributed by atoms with Gasteiger partial charge < -0.3 is 10.2 Å². The van der Waals surface area contributed by atoms with Crippen LogP contribution < -0.4 is 10.2 Å². The molecule has 2 nitrogen and oxygen atoms in total. The van der Waals surface area contributed by atoms with Gasteiger partial charge >= 0.3 is 0 Å². The average molecular weight is 254 g/mol. The molecule has 1 fully saturated rings. The quantitative estimate of drug-likeness (QED) is 0.884. The van der Waals surface area contributed by atoms with Crippen molar-refractivity contribution in [2.45, 2.75) is 19.8 Å². The monoisotopic (exact) mass is 254 g/mol. The molecule has 2 aromatic carbocycles. The zero-order valence-electron chi connectivity index (χ0n) is 11.8. The molecule has 1 saturated heterocycles. The van der Waals surface area contributed by atoms with E-state index in [0.29, 0.717) is 5.92 Å². The predicted octanol–water partition coefficient (Wildman–Crippen LogP) is 3.37. The molecule has 0 unspecified atom stereocenters. The van der Waals surface area contributed by atoms with Crippen LogP contribution in [0.25, 0.3) is 10.8 Å². The summed E-state index contributed by atoms with van der Waals surface area (Å²) < 4.78 is 0. The third-order valence-electron chi connectivity index (χ3n) is 4.01. The lowest BCUT2D eigenvalue weighted by Gasteiger charge is -2.30. The SMILES string of the molecule is CC(C)c1cccc2c(N3CCNCC3)cccc12. The van der Waals surface area contributed by atoms with Crippen LogP contribution in [0.15, 0.2) is 36.4 Å². The fourth-order valence-electron chi connectivity index (χ4n) is 3.00. The number of anilines is 1. The Hall–Kier alpha value is -1.54. The first-order valence-electron chi connectivity index (χ1n) is 7.24. The molecule has 0 spiro atoms. The van der Waals surface area contributed by atoms with Gasteiger partial charge in [-0.3, -0.25) is 0 Å². The van der Waals surface area contributed by atoms with Gasteiger partial charge in [-0.05, 0) is 22.9 Å². The molecule has 2 aromatic rings. The van der Waals surface area contributed by atoms with E-state index >= 15 is 0 Å². The lowest BCUT2D eigenvalue weighted by Crippen LogP contribution is -2.43. The van der Waals surface area contributed by atoms with Crippen molar-refractivity contribution in [3.05, 3.63) is 42.0 Å². The highest BCUT2D eigenvalue weighted by Crippen LogP contribution is 2.32. The summed E-state index contributed by atoms with van der Waals surface area (Å²) in [5, 5.41) is 6.23. The number of nitrogens with one attached hydrogen (secondary N) is 1. The Labute approximate surface area is 115 Å². The summed E-state index contributed by atoms with van der Waals surface area (Å²) in [6.45, 7) is 8.91. The number of fused-ring (bicyclic) bond motifs is 1. The Morgan fingerprint density at radius 2 is 1.63 bits per heavy atom. The van der Waals surface area contributed by atoms with Gasteiger partial charge in [-0.2, -0.15) is 0 Å². The minimum atomic E-state index is 0.571. The summed E-state index contributed by atoms with van der Waals surface area (Å²) in [7, 11) is 0. The molecular formula is C17H22N2. The van der Waals surface area contributed by atoms with Crippen molar-refractivity contribution in [3.8, 4) is 0 Å². The van der Waals surface area contributed by atoms with Gasteiger partial charge in [0.25, 0.3) is 0 Å². The second-order valence-corrected chi connectivity index (χ2v) is 5.61. The second kappa shape index (κ2) is 5.22. The molecule has 100 valence electrons. The fraction of sp³-hybridized carbons (Fsp3) is 0.412. The molecule has 1 N–H and O–H groups in total. The molecule has 0 amide bonds. The fourth-order valence-corrected chi connectivity index (χ4v) is 3.00. The lowest BCUT2D eigenvalue weighted by molar-refractivity contribution is 0.590. The first-order chi connectivity index (χ1) is 9.27. The number of nitrogens with zero attached hydrogens (tertiary/aromatic N) is 1. The summed E-state index contributed by atoms with van der Waals surface area (Å²) in [5.74, 6) is 0.571. The third-order valence-corrected chi connectivity index (χ3v) is 4.01. The molecule has 0 aromatic heterocycles. The maximum absolute atomic E-state index is 3.42. The molecule has 1 aliphatic rings. The Morgan fingerprint density at radius 3 is 2.37 bits per heavy atom. The predicted molar refractivity (Wildman–Crippen MR) is 83.1 cm³/mol. The molecule has 19 heavy (non-hydrogen) atoms. The van der Waals surface area contributed by atoms with Crippen LogP contribution in [-0.4, -0.2) is 26.2 Å². The average Bonchev–Trinajstić information content (AvgIpc) is 2.46. The normalized spacial score (nSPS) is 16.3. The number of benzene rings is 2. The van der Waals surface area contributed by atoms with Gasteiger partial charge in [0.15, 0.2) is 0 Å². The first-order valence-corrected chi connectivity index (χ1v) is 7.24. The molecule has 0 bridgehead atoms. The second-order valence-electron chi connectivity index (χ2n) is 5.61. The van der Waals surface area contributed by atoms with Gasteiger partial charge in [0, 0.05) is 37.3 Å². The van der Waals surface area contributed by atoms with Gasteiger partial charge in [-0.25, -0.2) is 0 Å². The summed E-state index contributed by atoms with van der Waals surface area (Å²) in [6, 6.07) is 13.4. The van der Waals surface area contributed by atoms with Crippen molar-refractivity contribution in [1.82, 2.24) is 5.32 Å². The summed E-state index contributed by atoms with van der Waals surface area (Å²) in [6.07, 6.45) is 0. The molecule has 3 rings (SSSR count). The number of piperazine rings is 1. The Bertz CT molecular complexity index is 568.